The number of unbranched alkanes of at least 4 members (excludes halogenated alkanes) is 33. The highest BCUT2D eigenvalue weighted by molar-refractivity contribution is 5.76. The molecular weight excluding hydrogens is 743 g/mol. The second-order valence-electron chi connectivity index (χ2n) is 17.9. The number of carbonyl (C=O) groups is 2. The van der Waals surface area contributed by atoms with Crippen molar-refractivity contribution in [3.05, 3.63) is 36.5 Å². The number of hydrogen-bond acceptors (Lipinski definition) is 5. The van der Waals surface area contributed by atoms with E-state index in [1.807, 2.05) is 6.08 Å². The molecule has 352 valence electrons. The first kappa shape index (κ1) is 58.1. The molecule has 0 bridgehead atoms. The number of aliphatic hydroxyl groups is 2. The van der Waals surface area contributed by atoms with E-state index in [-0.39, 0.29) is 18.5 Å². The number of hydrogen-bond donors (Lipinski definition) is 3. The third-order valence-corrected chi connectivity index (χ3v) is 11.9. The van der Waals surface area contributed by atoms with Crippen LogP contribution in [0.2, 0.25) is 0 Å². The third kappa shape index (κ3) is 45.6. The van der Waals surface area contributed by atoms with Crippen molar-refractivity contribution in [2.45, 2.75) is 283 Å². The predicted octanol–water partition coefficient (Wildman–Crippen LogP) is 15.7. The molecule has 0 radical (unpaired) electrons. The number of amides is 1. The molecule has 0 aromatic carbocycles. The van der Waals surface area contributed by atoms with Gasteiger partial charge in [-0.05, 0) is 64.2 Å². The second kappa shape index (κ2) is 49.7. The SMILES string of the molecule is CCCCC/C=C\C/C=C\CCCCCCCC(=O)OCCCCCCCCCCCCC(=O)NC(CO)C(O)/C=C/CCCCCCCCCCCCCCCCCC. The lowest BCUT2D eigenvalue weighted by atomic mass is 10.0. The molecule has 2 unspecified atom stereocenters. The van der Waals surface area contributed by atoms with Crippen LogP contribution in [-0.2, 0) is 14.3 Å². The zero-order valence-electron chi connectivity index (χ0n) is 39.9. The van der Waals surface area contributed by atoms with Crippen molar-refractivity contribution in [1.82, 2.24) is 5.32 Å². The molecule has 3 N–H and O–H groups in total. The van der Waals surface area contributed by atoms with E-state index in [4.69, 9.17) is 4.74 Å². The van der Waals surface area contributed by atoms with E-state index >= 15 is 0 Å². The summed E-state index contributed by atoms with van der Waals surface area (Å²) in [5.41, 5.74) is 0. The first-order chi connectivity index (χ1) is 29.5. The Bertz CT molecular complexity index is 977. The van der Waals surface area contributed by atoms with Gasteiger partial charge < -0.3 is 20.3 Å². The number of aliphatic hydroxyl groups excluding tert-OH is 2. The average molecular weight is 844 g/mol. The molecule has 0 aromatic heterocycles. The maximum Gasteiger partial charge on any atom is 0.305 e. The van der Waals surface area contributed by atoms with E-state index in [9.17, 15) is 19.8 Å². The van der Waals surface area contributed by atoms with Crippen LogP contribution >= 0.6 is 0 Å². The van der Waals surface area contributed by atoms with E-state index in [2.05, 4.69) is 43.5 Å². The van der Waals surface area contributed by atoms with Gasteiger partial charge in [-0.15, -0.1) is 0 Å². The fourth-order valence-corrected chi connectivity index (χ4v) is 7.84. The molecule has 0 rings (SSSR count). The highest BCUT2D eigenvalue weighted by Gasteiger charge is 2.18. The molecular formula is C54H101NO5. The van der Waals surface area contributed by atoms with Gasteiger partial charge in [0.15, 0.2) is 0 Å². The van der Waals surface area contributed by atoms with Crippen molar-refractivity contribution < 1.29 is 24.5 Å². The quantitative estimate of drug-likeness (QED) is 0.0322. The molecule has 60 heavy (non-hydrogen) atoms. The fraction of sp³-hybridized carbons (Fsp3) is 0.852. The average Bonchev–Trinajstić information content (AvgIpc) is 3.25. The Labute approximate surface area is 373 Å². The van der Waals surface area contributed by atoms with Gasteiger partial charge in [-0.3, -0.25) is 9.59 Å². The van der Waals surface area contributed by atoms with Gasteiger partial charge >= 0.3 is 5.97 Å². The van der Waals surface area contributed by atoms with Gasteiger partial charge in [0.25, 0.3) is 0 Å². The van der Waals surface area contributed by atoms with Crippen LogP contribution in [0.15, 0.2) is 36.5 Å². The van der Waals surface area contributed by atoms with E-state index in [1.165, 1.54) is 173 Å². The van der Waals surface area contributed by atoms with Crippen LogP contribution in [0.25, 0.3) is 0 Å². The van der Waals surface area contributed by atoms with Gasteiger partial charge in [-0.1, -0.05) is 230 Å². The van der Waals surface area contributed by atoms with Crippen molar-refractivity contribution >= 4 is 11.9 Å². The molecule has 2 atom stereocenters. The van der Waals surface area contributed by atoms with Crippen LogP contribution in [0.4, 0.5) is 0 Å². The van der Waals surface area contributed by atoms with Crippen molar-refractivity contribution in [1.29, 1.82) is 0 Å². The van der Waals surface area contributed by atoms with Gasteiger partial charge in [0.2, 0.25) is 5.91 Å². The lowest BCUT2D eigenvalue weighted by molar-refractivity contribution is -0.143. The van der Waals surface area contributed by atoms with Crippen LogP contribution in [0.1, 0.15) is 271 Å². The number of esters is 1. The van der Waals surface area contributed by atoms with Gasteiger partial charge in [-0.25, -0.2) is 0 Å². The first-order valence-electron chi connectivity index (χ1n) is 26.3. The van der Waals surface area contributed by atoms with Crippen LogP contribution in [0.3, 0.4) is 0 Å². The normalized spacial score (nSPS) is 12.9. The smallest absolute Gasteiger partial charge is 0.305 e. The van der Waals surface area contributed by atoms with Crippen LogP contribution in [-0.4, -0.2) is 47.4 Å². The Balaban J connectivity index is 3.54. The Hall–Kier alpha value is -1.92. The summed E-state index contributed by atoms with van der Waals surface area (Å²) in [6.07, 6.45) is 59.9. The number of nitrogens with one attached hydrogen (secondary N) is 1. The van der Waals surface area contributed by atoms with Gasteiger partial charge in [0, 0.05) is 12.8 Å². The molecule has 0 heterocycles. The van der Waals surface area contributed by atoms with E-state index < -0.39 is 12.1 Å². The molecule has 1 amide bonds. The van der Waals surface area contributed by atoms with Gasteiger partial charge in [0.1, 0.15) is 0 Å². The Morgan fingerprint density at radius 2 is 0.833 bits per heavy atom. The minimum absolute atomic E-state index is 0.0350. The van der Waals surface area contributed by atoms with Crippen molar-refractivity contribution in [3.63, 3.8) is 0 Å². The van der Waals surface area contributed by atoms with Gasteiger partial charge in [-0.2, -0.15) is 0 Å². The topological polar surface area (TPSA) is 95.9 Å². The van der Waals surface area contributed by atoms with Crippen molar-refractivity contribution in [2.24, 2.45) is 0 Å². The van der Waals surface area contributed by atoms with Gasteiger partial charge in [0.05, 0.1) is 25.4 Å². The zero-order chi connectivity index (χ0) is 43.7. The van der Waals surface area contributed by atoms with Crippen molar-refractivity contribution in [2.75, 3.05) is 13.2 Å². The largest absolute Gasteiger partial charge is 0.466 e. The summed E-state index contributed by atoms with van der Waals surface area (Å²) in [5.74, 6) is -0.126. The summed E-state index contributed by atoms with van der Waals surface area (Å²) in [5, 5.41) is 23.1. The fourth-order valence-electron chi connectivity index (χ4n) is 7.84. The summed E-state index contributed by atoms with van der Waals surface area (Å²) >= 11 is 0. The molecule has 6 nitrogen and oxygen atoms in total. The van der Waals surface area contributed by atoms with E-state index in [0.29, 0.717) is 19.4 Å². The summed E-state index contributed by atoms with van der Waals surface area (Å²) in [7, 11) is 0. The van der Waals surface area contributed by atoms with Crippen molar-refractivity contribution in [3.8, 4) is 0 Å². The number of allylic oxidation sites excluding steroid dienone is 5. The molecule has 6 heteroatoms. The Morgan fingerprint density at radius 1 is 0.467 bits per heavy atom. The standard InChI is InChI=1S/C54H101NO5/c1-3-5-7-9-11-13-15-17-19-20-21-23-24-26-30-34-38-42-46-52(57)51(50-56)55-53(58)47-43-39-35-31-28-29-33-37-41-45-49-60-54(59)48-44-40-36-32-27-25-22-18-16-14-12-10-8-6-4-2/h12,14,18,22,42,46,51-52,56-57H,3-11,13,15-17,19-21,23-41,43-45,47-50H2,1-2H3,(H,55,58)/b14-12-,22-18-,46-42+. The molecule has 0 spiro atoms. The van der Waals surface area contributed by atoms with E-state index in [1.54, 1.807) is 6.08 Å². The number of rotatable bonds is 48. The summed E-state index contributed by atoms with van der Waals surface area (Å²) < 4.78 is 5.45. The van der Waals surface area contributed by atoms with Crippen LogP contribution in [0.5, 0.6) is 0 Å². The lowest BCUT2D eigenvalue weighted by Gasteiger charge is -2.20. The maximum atomic E-state index is 12.4. The second-order valence-corrected chi connectivity index (χ2v) is 17.9. The molecule has 0 saturated heterocycles. The third-order valence-electron chi connectivity index (χ3n) is 11.9. The summed E-state index contributed by atoms with van der Waals surface area (Å²) in [6, 6.07) is -0.646. The highest BCUT2D eigenvalue weighted by Crippen LogP contribution is 2.16. The summed E-state index contributed by atoms with van der Waals surface area (Å²) in [6.45, 7) is 4.82. The minimum atomic E-state index is -0.860. The first-order valence-corrected chi connectivity index (χ1v) is 26.3. The molecule has 0 aliphatic carbocycles. The molecule has 0 aliphatic heterocycles. The number of carbonyl (C=O) groups excluding carboxylic acids is 2. The Kier molecular flexibility index (Phi) is 48.1. The molecule has 0 fully saturated rings. The predicted molar refractivity (Wildman–Crippen MR) is 259 cm³/mol. The maximum absolute atomic E-state index is 12.4. The lowest BCUT2D eigenvalue weighted by Crippen LogP contribution is -2.45. The Morgan fingerprint density at radius 3 is 1.30 bits per heavy atom. The van der Waals surface area contributed by atoms with Crippen LogP contribution < -0.4 is 5.32 Å². The molecule has 0 aromatic rings. The summed E-state index contributed by atoms with van der Waals surface area (Å²) in [4.78, 5) is 24.5. The monoisotopic (exact) mass is 844 g/mol. The molecule has 0 aliphatic rings. The zero-order valence-corrected chi connectivity index (χ0v) is 39.9. The highest BCUT2D eigenvalue weighted by atomic mass is 16.5. The number of ether oxygens (including phenoxy) is 1. The minimum Gasteiger partial charge on any atom is -0.466 e. The van der Waals surface area contributed by atoms with E-state index in [0.717, 1.165) is 70.6 Å². The molecule has 0 saturated carbocycles. The van der Waals surface area contributed by atoms with Crippen LogP contribution in [0, 0.1) is 0 Å².